The van der Waals surface area contributed by atoms with Gasteiger partial charge in [-0.2, -0.15) is 5.26 Å². The Bertz CT molecular complexity index is 1520. The van der Waals surface area contributed by atoms with E-state index in [-0.39, 0.29) is 18.1 Å². The quantitative estimate of drug-likeness (QED) is 0.193. The van der Waals surface area contributed by atoms with Gasteiger partial charge in [0.25, 0.3) is 0 Å². The van der Waals surface area contributed by atoms with Crippen LogP contribution in [0.3, 0.4) is 0 Å². The molecule has 1 aliphatic heterocycles. The summed E-state index contributed by atoms with van der Waals surface area (Å²) in [4.78, 5) is 8.87. The van der Waals surface area contributed by atoms with Gasteiger partial charge in [-0.05, 0) is 49.6 Å². The fourth-order valence-corrected chi connectivity index (χ4v) is 4.95. The molecular weight excluding hydrogens is 508 g/mol. The molecule has 0 radical (unpaired) electrons. The van der Waals surface area contributed by atoms with E-state index in [0.717, 1.165) is 34.3 Å². The summed E-state index contributed by atoms with van der Waals surface area (Å²) in [5.74, 6) is 0. The van der Waals surface area contributed by atoms with Crippen molar-refractivity contribution in [1.82, 2.24) is 25.9 Å². The molecule has 0 aliphatic carbocycles. The van der Waals surface area contributed by atoms with Crippen molar-refractivity contribution in [2.45, 2.75) is 45.3 Å². The van der Waals surface area contributed by atoms with E-state index < -0.39 is 0 Å². The zero-order chi connectivity index (χ0) is 27.4. The minimum Gasteiger partial charge on any atom is -0.377 e. The number of anilines is 2. The second-order valence-corrected chi connectivity index (χ2v) is 10.1. The van der Waals surface area contributed by atoms with Gasteiger partial charge < -0.3 is 16.1 Å². The van der Waals surface area contributed by atoms with Gasteiger partial charge in [0.05, 0.1) is 39.6 Å². The Kier molecular flexibility index (Phi) is 7.82. The Morgan fingerprint density at radius 2 is 1.85 bits per heavy atom. The van der Waals surface area contributed by atoms with Crippen molar-refractivity contribution in [2.24, 2.45) is 0 Å². The van der Waals surface area contributed by atoms with Crippen molar-refractivity contribution in [1.29, 1.82) is 5.26 Å². The molecule has 2 aromatic carbocycles. The number of nitriles is 1. The van der Waals surface area contributed by atoms with Gasteiger partial charge in [-0.3, -0.25) is 15.0 Å². The third-order valence-corrected chi connectivity index (χ3v) is 7.07. The van der Waals surface area contributed by atoms with E-state index in [1.807, 2.05) is 59.9 Å². The van der Waals surface area contributed by atoms with E-state index in [0.29, 0.717) is 21.8 Å². The predicted molar refractivity (Wildman–Crippen MR) is 156 cm³/mol. The summed E-state index contributed by atoms with van der Waals surface area (Å²) < 4.78 is 0. The Balaban J connectivity index is 1.57. The number of fused-ring (bicyclic) bond motifs is 1. The molecule has 3 heterocycles. The molecule has 39 heavy (non-hydrogen) atoms. The molecule has 1 aliphatic rings. The van der Waals surface area contributed by atoms with E-state index in [2.05, 4.69) is 70.5 Å². The van der Waals surface area contributed by atoms with Crippen LogP contribution in [0.2, 0.25) is 5.02 Å². The zero-order valence-corrected chi connectivity index (χ0v) is 22.9. The fourth-order valence-electron chi connectivity index (χ4n) is 4.69. The smallest absolute Gasteiger partial charge is 0.103 e. The van der Waals surface area contributed by atoms with Crippen LogP contribution >= 0.6 is 11.6 Å². The third-order valence-electron chi connectivity index (χ3n) is 6.78. The van der Waals surface area contributed by atoms with Crippen molar-refractivity contribution < 1.29 is 0 Å². The first kappa shape index (κ1) is 26.3. The number of nitrogens with zero attached hydrogens (tertiary/aromatic N) is 4. The highest BCUT2D eigenvalue weighted by Crippen LogP contribution is 2.37. The summed E-state index contributed by atoms with van der Waals surface area (Å²) >= 11 is 6.79. The number of benzene rings is 2. The lowest BCUT2D eigenvalue weighted by atomic mass is 10.0. The maximum atomic E-state index is 9.97. The molecule has 8 nitrogen and oxygen atoms in total. The van der Waals surface area contributed by atoms with Crippen molar-refractivity contribution >= 4 is 33.9 Å². The molecule has 0 bridgehead atoms. The standard InChI is InChI=1S/C30H31ClN8/c1-4-26(20-9-6-5-7-10-20)36-28-22(15-32)17-34-30-24(28)13-23(14-25(30)31)35-29(21-11-8-12-33-16-21)27-18-39(19(2)3)38-37-27/h5-14,16-19,26,29,35,37-38H,4H2,1-3H3,(H,34,36)/t26-,29+/m1/s1. The van der Waals surface area contributed by atoms with Crippen molar-refractivity contribution in [3.63, 3.8) is 0 Å². The highest BCUT2D eigenvalue weighted by molar-refractivity contribution is 6.35. The number of pyridine rings is 2. The molecule has 0 saturated heterocycles. The monoisotopic (exact) mass is 538 g/mol. The van der Waals surface area contributed by atoms with E-state index >= 15 is 0 Å². The molecular formula is C30H31ClN8. The van der Waals surface area contributed by atoms with Crippen molar-refractivity contribution in [3.8, 4) is 6.07 Å². The third kappa shape index (κ3) is 5.60. The van der Waals surface area contributed by atoms with E-state index in [1.54, 1.807) is 12.4 Å². The summed E-state index contributed by atoms with van der Waals surface area (Å²) in [6.07, 6.45) is 8.07. The first-order valence-corrected chi connectivity index (χ1v) is 13.4. The lowest BCUT2D eigenvalue weighted by Gasteiger charge is -2.23. The van der Waals surface area contributed by atoms with Gasteiger partial charge in [-0.25, -0.2) is 0 Å². The first-order valence-electron chi connectivity index (χ1n) is 13.0. The zero-order valence-electron chi connectivity index (χ0n) is 22.1. The summed E-state index contributed by atoms with van der Waals surface area (Å²) in [6.45, 7) is 6.34. The average Bonchev–Trinajstić information content (AvgIpc) is 3.46. The predicted octanol–water partition coefficient (Wildman–Crippen LogP) is 6.45. The maximum absolute atomic E-state index is 9.97. The van der Waals surface area contributed by atoms with Gasteiger partial charge >= 0.3 is 0 Å². The van der Waals surface area contributed by atoms with Crippen molar-refractivity contribution in [3.05, 3.63) is 107 Å². The van der Waals surface area contributed by atoms with Crippen LogP contribution in [0.5, 0.6) is 0 Å². The van der Waals surface area contributed by atoms with Gasteiger partial charge in [0.2, 0.25) is 0 Å². The van der Waals surface area contributed by atoms with E-state index in [1.165, 1.54) is 0 Å². The highest BCUT2D eigenvalue weighted by atomic mass is 35.5. The molecule has 0 amide bonds. The summed E-state index contributed by atoms with van der Waals surface area (Å²) in [6, 6.07) is 20.4. The second-order valence-electron chi connectivity index (χ2n) is 9.71. The molecule has 198 valence electrons. The second kappa shape index (κ2) is 11.6. The molecule has 4 aromatic rings. The number of nitrogens with one attached hydrogen (secondary N) is 4. The van der Waals surface area contributed by atoms with E-state index in [9.17, 15) is 5.26 Å². The van der Waals surface area contributed by atoms with E-state index in [4.69, 9.17) is 11.6 Å². The maximum Gasteiger partial charge on any atom is 0.103 e. The Hall–Kier alpha value is -4.32. The van der Waals surface area contributed by atoms with Crippen LogP contribution in [-0.2, 0) is 0 Å². The minimum atomic E-state index is -0.236. The summed E-state index contributed by atoms with van der Waals surface area (Å²) in [5.41, 5.74) is 12.2. The highest BCUT2D eigenvalue weighted by Gasteiger charge is 2.24. The lowest BCUT2D eigenvalue weighted by molar-refractivity contribution is 0.221. The van der Waals surface area contributed by atoms with Crippen LogP contribution in [0.25, 0.3) is 10.9 Å². The van der Waals surface area contributed by atoms with Crippen LogP contribution in [0.4, 0.5) is 11.4 Å². The number of hydrogen-bond donors (Lipinski definition) is 4. The topological polar surface area (TPSA) is 101 Å². The van der Waals surface area contributed by atoms with Crippen LogP contribution < -0.4 is 21.6 Å². The number of hydrogen-bond acceptors (Lipinski definition) is 8. The van der Waals surface area contributed by atoms with Gasteiger partial charge in [0.1, 0.15) is 6.07 Å². The Morgan fingerprint density at radius 3 is 2.51 bits per heavy atom. The Morgan fingerprint density at radius 1 is 1.05 bits per heavy atom. The number of rotatable bonds is 9. The summed E-state index contributed by atoms with van der Waals surface area (Å²) in [7, 11) is 0. The number of aromatic nitrogens is 2. The van der Waals surface area contributed by atoms with Gasteiger partial charge in [-0.1, -0.05) is 54.9 Å². The molecule has 9 heteroatoms. The van der Waals surface area contributed by atoms with Crippen LogP contribution in [0.1, 0.15) is 56.0 Å². The fraction of sp³-hybridized carbons (Fsp3) is 0.233. The molecule has 2 aromatic heterocycles. The minimum absolute atomic E-state index is 0.0170. The molecule has 0 saturated carbocycles. The van der Waals surface area contributed by atoms with Gasteiger partial charge in [0, 0.05) is 41.9 Å². The molecule has 5 rings (SSSR count). The SMILES string of the molecule is CC[C@@H](Nc1c(C#N)cnc2c(Cl)cc(N[C@H](C3=CN(C(C)C)NN3)c3cccnc3)cc12)c1ccccc1. The average molecular weight is 539 g/mol. The molecule has 4 N–H and O–H groups in total. The van der Waals surface area contributed by atoms with Crippen LogP contribution in [-0.4, -0.2) is 21.0 Å². The molecule has 0 spiro atoms. The molecule has 0 unspecified atom stereocenters. The van der Waals surface area contributed by atoms with Crippen LogP contribution in [0, 0.1) is 11.3 Å². The van der Waals surface area contributed by atoms with Crippen LogP contribution in [0.15, 0.2) is 85.1 Å². The van der Waals surface area contributed by atoms with Gasteiger partial charge in [0.15, 0.2) is 0 Å². The summed E-state index contributed by atoms with van der Waals surface area (Å²) in [5, 5.41) is 20.5. The normalized spacial score (nSPS) is 14.5. The largest absolute Gasteiger partial charge is 0.377 e. The first-order chi connectivity index (χ1) is 19.0. The Labute approximate surface area is 233 Å². The number of hydrazine groups is 2. The lowest BCUT2D eigenvalue weighted by Crippen LogP contribution is -2.41. The van der Waals surface area contributed by atoms with Gasteiger partial charge in [-0.15, -0.1) is 5.53 Å². The number of halogens is 1. The molecule has 2 atom stereocenters. The molecule has 0 fully saturated rings. The van der Waals surface area contributed by atoms with Crippen molar-refractivity contribution in [2.75, 3.05) is 10.6 Å².